The van der Waals surface area contributed by atoms with Crippen molar-refractivity contribution in [1.29, 1.82) is 0 Å². The fourth-order valence-electron chi connectivity index (χ4n) is 3.92. The molecule has 3 N–H and O–H groups in total. The summed E-state index contributed by atoms with van der Waals surface area (Å²) in [4.78, 5) is 39.9. The van der Waals surface area contributed by atoms with Crippen LogP contribution in [0.15, 0.2) is 12.3 Å². The monoisotopic (exact) mass is 518 g/mol. The van der Waals surface area contributed by atoms with Gasteiger partial charge < -0.3 is 11.1 Å². The third kappa shape index (κ3) is 4.17. The van der Waals surface area contributed by atoms with Crippen molar-refractivity contribution in [3.63, 3.8) is 0 Å². The molecule has 188 valence electrons. The first-order valence-electron chi connectivity index (χ1n) is 10.4. The second kappa shape index (κ2) is 9.07. The van der Waals surface area contributed by atoms with Crippen molar-refractivity contribution in [2.45, 2.75) is 33.7 Å². The largest absolute Gasteiger partial charge is 0.365 e. The van der Waals surface area contributed by atoms with Crippen molar-refractivity contribution in [2.75, 3.05) is 5.32 Å². The number of amides is 2. The SMILES string of the molecule is Cc1nn(CC(=O)Nc2c(C(N)=O)sc3nc(C(F)F)cc(-c4cnn(C)c4C)c23)c(C)c1[N+](=O)[O-]. The number of aryl methyl sites for hydroxylation is 2. The molecule has 0 spiro atoms. The first kappa shape index (κ1) is 24.8. The molecule has 0 saturated heterocycles. The molecule has 12 nitrogen and oxygen atoms in total. The number of anilines is 1. The third-order valence-electron chi connectivity index (χ3n) is 5.74. The van der Waals surface area contributed by atoms with Gasteiger partial charge in [0.15, 0.2) is 0 Å². The van der Waals surface area contributed by atoms with Gasteiger partial charge in [-0.1, -0.05) is 0 Å². The van der Waals surface area contributed by atoms with Gasteiger partial charge in [0.1, 0.15) is 33.3 Å². The Labute approximate surface area is 205 Å². The van der Waals surface area contributed by atoms with Gasteiger partial charge in [-0.05, 0) is 32.4 Å². The van der Waals surface area contributed by atoms with Crippen molar-refractivity contribution in [2.24, 2.45) is 12.8 Å². The van der Waals surface area contributed by atoms with Crippen LogP contribution in [0.4, 0.5) is 20.2 Å². The summed E-state index contributed by atoms with van der Waals surface area (Å²) < 4.78 is 30.0. The number of rotatable bonds is 7. The van der Waals surface area contributed by atoms with Gasteiger partial charge >= 0.3 is 5.69 Å². The van der Waals surface area contributed by atoms with E-state index in [1.165, 1.54) is 30.8 Å². The highest BCUT2D eigenvalue weighted by Gasteiger charge is 2.27. The van der Waals surface area contributed by atoms with Gasteiger partial charge in [0.25, 0.3) is 12.3 Å². The Bertz CT molecular complexity index is 1560. The maximum Gasteiger partial charge on any atom is 0.312 e. The number of carbonyl (C=O) groups is 2. The van der Waals surface area contributed by atoms with E-state index in [0.29, 0.717) is 16.8 Å². The fourth-order valence-corrected chi connectivity index (χ4v) is 4.93. The summed E-state index contributed by atoms with van der Waals surface area (Å²) in [6.45, 7) is 4.25. The number of fused-ring (bicyclic) bond motifs is 1. The van der Waals surface area contributed by atoms with E-state index in [1.807, 2.05) is 0 Å². The second-order valence-electron chi connectivity index (χ2n) is 8.00. The zero-order valence-electron chi connectivity index (χ0n) is 19.5. The molecular weight excluding hydrogens is 498 g/mol. The first-order valence-corrected chi connectivity index (χ1v) is 11.2. The van der Waals surface area contributed by atoms with Gasteiger partial charge in [0, 0.05) is 23.7 Å². The van der Waals surface area contributed by atoms with Gasteiger partial charge in [-0.25, -0.2) is 13.8 Å². The number of nitro groups is 1. The molecule has 0 unspecified atom stereocenters. The number of nitrogens with one attached hydrogen (secondary N) is 1. The molecule has 0 bridgehead atoms. The Morgan fingerprint density at radius 1 is 1.25 bits per heavy atom. The van der Waals surface area contributed by atoms with E-state index in [4.69, 9.17) is 5.73 Å². The Kier molecular flexibility index (Phi) is 6.26. The number of carbonyl (C=O) groups excluding carboxylic acids is 2. The number of aromatic nitrogens is 5. The summed E-state index contributed by atoms with van der Waals surface area (Å²) >= 11 is 0.774. The molecule has 0 atom stereocenters. The van der Waals surface area contributed by atoms with Crippen molar-refractivity contribution in [1.82, 2.24) is 24.5 Å². The zero-order valence-corrected chi connectivity index (χ0v) is 20.3. The van der Waals surface area contributed by atoms with Gasteiger partial charge in [-0.2, -0.15) is 10.2 Å². The number of thiophene rings is 1. The lowest BCUT2D eigenvalue weighted by Crippen LogP contribution is -2.22. The standard InChI is InChI=1S/C21H20F2N8O4S/c1-8-17(31(34)35)10(3)30(28-8)7-14(32)27-16-15-11(12-6-25-29(4)9(12)2)5-13(19(22)23)26-21(15)36-18(16)20(24)33/h5-6,19H,7H2,1-4H3,(H2,24,33)(H,27,32). The number of pyridine rings is 1. The molecule has 0 aliphatic carbocycles. The molecule has 0 aromatic carbocycles. The summed E-state index contributed by atoms with van der Waals surface area (Å²) in [5.74, 6) is -1.55. The van der Waals surface area contributed by atoms with E-state index in [-0.39, 0.29) is 37.9 Å². The Morgan fingerprint density at radius 2 is 1.94 bits per heavy atom. The summed E-state index contributed by atoms with van der Waals surface area (Å²) in [5, 5.41) is 22.4. The normalized spacial score (nSPS) is 11.4. The minimum atomic E-state index is -2.89. The molecule has 0 aliphatic rings. The highest BCUT2D eigenvalue weighted by Crippen LogP contribution is 2.43. The molecular formula is C21H20F2N8O4S. The molecule has 15 heteroatoms. The lowest BCUT2D eigenvalue weighted by Gasteiger charge is -2.11. The lowest BCUT2D eigenvalue weighted by atomic mass is 10.0. The van der Waals surface area contributed by atoms with Gasteiger partial charge in [-0.3, -0.25) is 29.1 Å². The quantitative estimate of drug-likeness (QED) is 0.280. The van der Waals surface area contributed by atoms with Crippen molar-refractivity contribution >= 4 is 44.7 Å². The summed E-state index contributed by atoms with van der Waals surface area (Å²) in [7, 11) is 1.68. The Morgan fingerprint density at radius 3 is 2.47 bits per heavy atom. The minimum Gasteiger partial charge on any atom is -0.365 e. The number of nitrogens with zero attached hydrogens (tertiary/aromatic N) is 6. The molecule has 0 radical (unpaired) electrons. The number of nitrogens with two attached hydrogens (primary N) is 1. The number of primary amides is 1. The molecule has 0 aliphatic heterocycles. The molecule has 4 rings (SSSR count). The summed E-state index contributed by atoms with van der Waals surface area (Å²) in [6, 6.07) is 1.19. The maximum absolute atomic E-state index is 13.6. The van der Waals surface area contributed by atoms with Crippen molar-refractivity contribution < 1.29 is 23.3 Å². The molecule has 4 heterocycles. The topological polar surface area (TPSA) is 164 Å². The molecule has 4 aromatic heterocycles. The molecule has 36 heavy (non-hydrogen) atoms. The van der Waals surface area contributed by atoms with E-state index < -0.39 is 35.4 Å². The highest BCUT2D eigenvalue weighted by atomic mass is 32.1. The van der Waals surface area contributed by atoms with E-state index in [0.717, 1.165) is 11.3 Å². The van der Waals surface area contributed by atoms with Crippen LogP contribution in [-0.2, 0) is 18.4 Å². The van der Waals surface area contributed by atoms with E-state index in [2.05, 4.69) is 20.5 Å². The Hall–Kier alpha value is -4.27. The smallest absolute Gasteiger partial charge is 0.312 e. The van der Waals surface area contributed by atoms with E-state index >= 15 is 0 Å². The van der Waals surface area contributed by atoms with E-state index in [9.17, 15) is 28.5 Å². The van der Waals surface area contributed by atoms with Crippen LogP contribution < -0.4 is 11.1 Å². The van der Waals surface area contributed by atoms with Crippen LogP contribution in [0.2, 0.25) is 0 Å². The number of halogens is 2. The average Bonchev–Trinajstić information content (AvgIpc) is 3.41. The molecule has 0 saturated carbocycles. The van der Waals surface area contributed by atoms with Crippen LogP contribution in [0, 0.1) is 30.9 Å². The van der Waals surface area contributed by atoms with Gasteiger partial charge in [-0.15, -0.1) is 11.3 Å². The van der Waals surface area contributed by atoms with Crippen LogP contribution in [0.5, 0.6) is 0 Å². The van der Waals surface area contributed by atoms with Crippen LogP contribution in [0.3, 0.4) is 0 Å². The van der Waals surface area contributed by atoms with Gasteiger partial charge in [0.2, 0.25) is 5.91 Å². The predicted octanol–water partition coefficient (Wildman–Crippen LogP) is 3.40. The summed E-state index contributed by atoms with van der Waals surface area (Å²) in [6.07, 6.45) is -1.40. The van der Waals surface area contributed by atoms with Crippen LogP contribution in [0.25, 0.3) is 21.3 Å². The van der Waals surface area contributed by atoms with Crippen LogP contribution in [0.1, 0.15) is 38.9 Å². The highest BCUT2D eigenvalue weighted by molar-refractivity contribution is 7.21. The second-order valence-corrected chi connectivity index (χ2v) is 8.99. The predicted molar refractivity (Wildman–Crippen MR) is 127 cm³/mol. The average molecular weight is 519 g/mol. The summed E-state index contributed by atoms with van der Waals surface area (Å²) in [5.41, 5.74) is 6.60. The van der Waals surface area contributed by atoms with Crippen molar-refractivity contribution in [3.8, 4) is 11.1 Å². The fraction of sp³-hybridized carbons (Fsp3) is 0.286. The Balaban J connectivity index is 1.86. The maximum atomic E-state index is 13.6. The molecule has 0 fully saturated rings. The van der Waals surface area contributed by atoms with Crippen LogP contribution in [-0.4, -0.2) is 41.3 Å². The zero-order chi connectivity index (χ0) is 26.5. The first-order chi connectivity index (χ1) is 16.9. The van der Waals surface area contributed by atoms with E-state index in [1.54, 1.807) is 18.7 Å². The number of alkyl halides is 2. The minimum absolute atomic E-state index is 0.00935. The van der Waals surface area contributed by atoms with Crippen LogP contribution >= 0.6 is 11.3 Å². The van der Waals surface area contributed by atoms with Gasteiger partial charge in [0.05, 0.1) is 16.8 Å². The molecule has 2 amide bonds. The number of hydrogen-bond acceptors (Lipinski definition) is 8. The molecule has 4 aromatic rings. The number of hydrogen-bond donors (Lipinski definition) is 2. The van der Waals surface area contributed by atoms with Crippen molar-refractivity contribution in [3.05, 3.63) is 50.0 Å². The third-order valence-corrected chi connectivity index (χ3v) is 6.84. The lowest BCUT2D eigenvalue weighted by molar-refractivity contribution is -0.386.